The Labute approximate surface area is 123 Å². The maximum Gasteiger partial charge on any atom is 0.0544 e. The van der Waals surface area contributed by atoms with Crippen LogP contribution in [0.15, 0.2) is 24.4 Å². The van der Waals surface area contributed by atoms with E-state index in [1.54, 1.807) is 0 Å². The van der Waals surface area contributed by atoms with Crippen molar-refractivity contribution in [3.05, 3.63) is 30.1 Å². The summed E-state index contributed by atoms with van der Waals surface area (Å²) in [4.78, 5) is 7.14. The Morgan fingerprint density at radius 2 is 2.15 bits per heavy atom. The van der Waals surface area contributed by atoms with Crippen LogP contribution < -0.4 is 5.32 Å². The van der Waals surface area contributed by atoms with Gasteiger partial charge in [-0.15, -0.1) is 0 Å². The zero-order chi connectivity index (χ0) is 14.5. The van der Waals surface area contributed by atoms with E-state index in [9.17, 15) is 0 Å². The Balaban J connectivity index is 2.09. The van der Waals surface area contributed by atoms with Gasteiger partial charge in [-0.05, 0) is 24.0 Å². The van der Waals surface area contributed by atoms with Gasteiger partial charge in [0, 0.05) is 37.9 Å². The normalized spacial score (nSPS) is 25.9. The minimum atomic E-state index is 0.596. The van der Waals surface area contributed by atoms with Gasteiger partial charge in [0.15, 0.2) is 0 Å². The fourth-order valence-corrected chi connectivity index (χ4v) is 3.02. The molecule has 0 bridgehead atoms. The van der Waals surface area contributed by atoms with Crippen LogP contribution in [-0.4, -0.2) is 35.1 Å². The molecule has 2 rings (SSSR count). The average molecular weight is 275 g/mol. The number of nitrogens with one attached hydrogen (secondary N) is 1. The molecule has 112 valence electrons. The van der Waals surface area contributed by atoms with Crippen LogP contribution in [0.1, 0.15) is 39.8 Å². The molecule has 0 saturated carbocycles. The van der Waals surface area contributed by atoms with Crippen molar-refractivity contribution >= 4 is 0 Å². The lowest BCUT2D eigenvalue weighted by Gasteiger charge is -2.44. The maximum atomic E-state index is 4.50. The third-order valence-corrected chi connectivity index (χ3v) is 4.69. The monoisotopic (exact) mass is 275 g/mol. The molecule has 3 heteroatoms. The molecule has 1 aromatic heterocycles. The molecular formula is C17H29N3. The number of hydrogen-bond donors (Lipinski definition) is 1. The van der Waals surface area contributed by atoms with Crippen LogP contribution in [0, 0.1) is 11.8 Å². The number of pyridine rings is 1. The van der Waals surface area contributed by atoms with E-state index in [1.165, 1.54) is 12.1 Å². The zero-order valence-electron chi connectivity index (χ0n) is 13.3. The quantitative estimate of drug-likeness (QED) is 0.895. The third-order valence-electron chi connectivity index (χ3n) is 4.69. The third kappa shape index (κ3) is 3.80. The standard InChI is InChI=1S/C17H29N3/c1-5-14(4)17-10-19-16(13(2)3)12-20(17)11-15-8-6-7-9-18-15/h6-9,13-14,16-17,19H,5,10-12H2,1-4H3. The molecule has 3 atom stereocenters. The summed E-state index contributed by atoms with van der Waals surface area (Å²) in [5, 5.41) is 3.74. The number of piperazine rings is 1. The van der Waals surface area contributed by atoms with Crippen molar-refractivity contribution in [3.63, 3.8) is 0 Å². The molecule has 0 radical (unpaired) electrons. The molecule has 20 heavy (non-hydrogen) atoms. The van der Waals surface area contributed by atoms with Crippen molar-refractivity contribution in [2.24, 2.45) is 11.8 Å². The van der Waals surface area contributed by atoms with Crippen LogP contribution in [0.3, 0.4) is 0 Å². The van der Waals surface area contributed by atoms with E-state index in [2.05, 4.69) is 55.0 Å². The summed E-state index contributed by atoms with van der Waals surface area (Å²) < 4.78 is 0. The van der Waals surface area contributed by atoms with E-state index >= 15 is 0 Å². The molecule has 3 unspecified atom stereocenters. The van der Waals surface area contributed by atoms with Crippen molar-refractivity contribution in [2.75, 3.05) is 13.1 Å². The fourth-order valence-electron chi connectivity index (χ4n) is 3.02. The lowest BCUT2D eigenvalue weighted by molar-refractivity contribution is 0.0711. The second-order valence-corrected chi connectivity index (χ2v) is 6.46. The molecule has 3 nitrogen and oxygen atoms in total. The Kier molecular flexibility index (Phi) is 5.55. The van der Waals surface area contributed by atoms with E-state index in [4.69, 9.17) is 0 Å². The Morgan fingerprint density at radius 3 is 2.75 bits per heavy atom. The van der Waals surface area contributed by atoms with Gasteiger partial charge in [-0.3, -0.25) is 9.88 Å². The Bertz CT molecular complexity index is 390. The molecule has 1 saturated heterocycles. The largest absolute Gasteiger partial charge is 0.311 e. The topological polar surface area (TPSA) is 28.2 Å². The van der Waals surface area contributed by atoms with E-state index in [0.29, 0.717) is 18.0 Å². The predicted molar refractivity (Wildman–Crippen MR) is 84.5 cm³/mol. The molecule has 1 aromatic rings. The summed E-state index contributed by atoms with van der Waals surface area (Å²) in [5.41, 5.74) is 1.19. The van der Waals surface area contributed by atoms with Crippen LogP contribution in [0.25, 0.3) is 0 Å². The van der Waals surface area contributed by atoms with E-state index in [-0.39, 0.29) is 0 Å². The van der Waals surface area contributed by atoms with Gasteiger partial charge in [-0.1, -0.05) is 40.2 Å². The van der Waals surface area contributed by atoms with Crippen LogP contribution in [0.2, 0.25) is 0 Å². The number of hydrogen-bond acceptors (Lipinski definition) is 3. The minimum absolute atomic E-state index is 0.596. The SMILES string of the molecule is CCC(C)C1CNC(C(C)C)CN1Cc1ccccn1. The molecule has 0 spiro atoms. The first-order valence-electron chi connectivity index (χ1n) is 7.99. The van der Waals surface area contributed by atoms with Crippen LogP contribution in [0.5, 0.6) is 0 Å². The first-order valence-corrected chi connectivity index (χ1v) is 7.99. The molecule has 1 aliphatic heterocycles. The highest BCUT2D eigenvalue weighted by Gasteiger charge is 2.31. The molecule has 1 fully saturated rings. The highest BCUT2D eigenvalue weighted by Crippen LogP contribution is 2.22. The Morgan fingerprint density at radius 1 is 1.35 bits per heavy atom. The average Bonchev–Trinajstić information content (AvgIpc) is 2.47. The first kappa shape index (κ1) is 15.5. The van der Waals surface area contributed by atoms with Crippen molar-refractivity contribution < 1.29 is 0 Å². The summed E-state index contributed by atoms with van der Waals surface area (Å²) in [6, 6.07) is 7.43. The smallest absolute Gasteiger partial charge is 0.0544 e. The summed E-state index contributed by atoms with van der Waals surface area (Å²) in [6.45, 7) is 12.5. The van der Waals surface area contributed by atoms with Gasteiger partial charge < -0.3 is 5.32 Å². The van der Waals surface area contributed by atoms with Crippen molar-refractivity contribution in [1.82, 2.24) is 15.2 Å². The van der Waals surface area contributed by atoms with Crippen molar-refractivity contribution in [3.8, 4) is 0 Å². The van der Waals surface area contributed by atoms with Gasteiger partial charge in [0.1, 0.15) is 0 Å². The van der Waals surface area contributed by atoms with E-state index < -0.39 is 0 Å². The van der Waals surface area contributed by atoms with Gasteiger partial charge in [0.25, 0.3) is 0 Å². The van der Waals surface area contributed by atoms with Crippen LogP contribution in [-0.2, 0) is 6.54 Å². The first-order chi connectivity index (χ1) is 9.61. The lowest BCUT2D eigenvalue weighted by atomic mass is 9.91. The van der Waals surface area contributed by atoms with Crippen molar-refractivity contribution in [2.45, 2.75) is 52.7 Å². The summed E-state index contributed by atoms with van der Waals surface area (Å²) in [6.07, 6.45) is 3.13. The number of aromatic nitrogens is 1. The summed E-state index contributed by atoms with van der Waals surface area (Å²) in [5.74, 6) is 1.40. The number of rotatable bonds is 5. The highest BCUT2D eigenvalue weighted by molar-refractivity contribution is 5.04. The van der Waals surface area contributed by atoms with Crippen molar-refractivity contribution in [1.29, 1.82) is 0 Å². The zero-order valence-corrected chi connectivity index (χ0v) is 13.3. The summed E-state index contributed by atoms with van der Waals surface area (Å²) >= 11 is 0. The molecule has 2 heterocycles. The number of nitrogens with zero attached hydrogens (tertiary/aromatic N) is 2. The van der Waals surface area contributed by atoms with E-state index in [1.807, 2.05) is 12.3 Å². The lowest BCUT2D eigenvalue weighted by Crippen LogP contribution is -2.59. The predicted octanol–water partition coefficient (Wildman–Crippen LogP) is 2.93. The van der Waals surface area contributed by atoms with Gasteiger partial charge in [0.05, 0.1) is 5.69 Å². The maximum absolute atomic E-state index is 4.50. The van der Waals surface area contributed by atoms with Crippen LogP contribution in [0.4, 0.5) is 0 Å². The van der Waals surface area contributed by atoms with Gasteiger partial charge in [0.2, 0.25) is 0 Å². The van der Waals surface area contributed by atoms with E-state index in [0.717, 1.165) is 25.6 Å². The minimum Gasteiger partial charge on any atom is -0.311 e. The molecule has 0 aromatic carbocycles. The molecule has 1 aliphatic rings. The van der Waals surface area contributed by atoms with Gasteiger partial charge in [-0.2, -0.15) is 0 Å². The molecular weight excluding hydrogens is 246 g/mol. The molecule has 0 aliphatic carbocycles. The molecule has 1 N–H and O–H groups in total. The highest BCUT2D eigenvalue weighted by atomic mass is 15.2. The summed E-state index contributed by atoms with van der Waals surface area (Å²) in [7, 11) is 0. The van der Waals surface area contributed by atoms with Crippen LogP contribution >= 0.6 is 0 Å². The fraction of sp³-hybridized carbons (Fsp3) is 0.706. The van der Waals surface area contributed by atoms with Gasteiger partial charge in [-0.25, -0.2) is 0 Å². The van der Waals surface area contributed by atoms with Gasteiger partial charge >= 0.3 is 0 Å². The second kappa shape index (κ2) is 7.19. The Hall–Kier alpha value is -0.930. The second-order valence-electron chi connectivity index (χ2n) is 6.46. The molecule has 0 amide bonds.